The van der Waals surface area contributed by atoms with Crippen molar-refractivity contribution in [3.8, 4) is 5.75 Å². The number of guanidine groups is 1. The number of hydrogen-bond donors (Lipinski definition) is 2. The minimum absolute atomic E-state index is 0. The maximum atomic E-state index is 5.92. The van der Waals surface area contributed by atoms with E-state index in [-0.39, 0.29) is 30.1 Å². The Balaban J connectivity index is 0.00000341. The van der Waals surface area contributed by atoms with E-state index in [0.29, 0.717) is 13.2 Å². The molecule has 1 atom stereocenters. The molecule has 0 amide bonds. The molecule has 0 bridgehead atoms. The van der Waals surface area contributed by atoms with Crippen LogP contribution in [0.2, 0.25) is 0 Å². The average molecular weight is 539 g/mol. The minimum Gasteiger partial charge on any atom is -0.489 e. The third-order valence-corrected chi connectivity index (χ3v) is 4.77. The van der Waals surface area contributed by atoms with Crippen molar-refractivity contribution in [2.24, 2.45) is 4.99 Å². The van der Waals surface area contributed by atoms with E-state index in [0.717, 1.165) is 68.6 Å². The van der Waals surface area contributed by atoms with Gasteiger partial charge in [-0.05, 0) is 43.0 Å². The second-order valence-electron chi connectivity index (χ2n) is 7.25. The first kappa shape index (κ1) is 25.4. The molecular formula is C24H34IN3O3. The van der Waals surface area contributed by atoms with Crippen LogP contribution in [0.15, 0.2) is 59.6 Å². The molecule has 2 N–H and O–H groups in total. The Labute approximate surface area is 202 Å². The quantitative estimate of drug-likeness (QED) is 0.195. The van der Waals surface area contributed by atoms with Gasteiger partial charge in [-0.3, -0.25) is 0 Å². The molecule has 2 aromatic rings. The first-order valence-electron chi connectivity index (χ1n) is 10.8. The van der Waals surface area contributed by atoms with Gasteiger partial charge in [-0.15, -0.1) is 24.0 Å². The molecule has 0 aliphatic carbocycles. The van der Waals surface area contributed by atoms with Gasteiger partial charge in [0.25, 0.3) is 0 Å². The van der Waals surface area contributed by atoms with Crippen molar-refractivity contribution < 1.29 is 14.2 Å². The van der Waals surface area contributed by atoms with Gasteiger partial charge >= 0.3 is 0 Å². The van der Waals surface area contributed by atoms with Gasteiger partial charge in [0.15, 0.2) is 5.96 Å². The maximum absolute atomic E-state index is 5.92. The highest BCUT2D eigenvalue weighted by Crippen LogP contribution is 2.16. The first-order chi connectivity index (χ1) is 14.8. The normalized spacial score (nSPS) is 15.9. The van der Waals surface area contributed by atoms with Gasteiger partial charge in [0.1, 0.15) is 12.4 Å². The predicted molar refractivity (Wildman–Crippen MR) is 135 cm³/mol. The number of rotatable bonds is 11. The van der Waals surface area contributed by atoms with Crippen molar-refractivity contribution in [3.05, 3.63) is 65.7 Å². The number of benzene rings is 2. The fourth-order valence-electron chi connectivity index (χ4n) is 3.16. The Hall–Kier alpha value is -1.84. The van der Waals surface area contributed by atoms with Crippen LogP contribution in [0.4, 0.5) is 0 Å². The third-order valence-electron chi connectivity index (χ3n) is 4.77. The summed E-state index contributed by atoms with van der Waals surface area (Å²) in [4.78, 5) is 4.70. The Bertz CT molecular complexity index is 768. The monoisotopic (exact) mass is 539 g/mol. The molecule has 0 radical (unpaired) electrons. The molecule has 1 unspecified atom stereocenters. The Morgan fingerprint density at radius 1 is 1.10 bits per heavy atom. The van der Waals surface area contributed by atoms with E-state index >= 15 is 0 Å². The molecule has 0 aromatic heterocycles. The number of hydrogen-bond acceptors (Lipinski definition) is 4. The Morgan fingerprint density at radius 2 is 1.94 bits per heavy atom. The zero-order chi connectivity index (χ0) is 20.9. The lowest BCUT2D eigenvalue weighted by Gasteiger charge is -2.13. The van der Waals surface area contributed by atoms with Crippen molar-refractivity contribution >= 4 is 29.9 Å². The maximum Gasteiger partial charge on any atom is 0.191 e. The largest absolute Gasteiger partial charge is 0.489 e. The fourth-order valence-corrected chi connectivity index (χ4v) is 3.16. The Morgan fingerprint density at radius 3 is 2.71 bits per heavy atom. The van der Waals surface area contributed by atoms with Gasteiger partial charge in [0.05, 0.1) is 19.3 Å². The molecule has 0 saturated carbocycles. The predicted octanol–water partition coefficient (Wildman–Crippen LogP) is 4.13. The van der Waals surface area contributed by atoms with E-state index in [1.165, 1.54) is 0 Å². The van der Waals surface area contributed by atoms with E-state index in [2.05, 4.69) is 35.8 Å². The third kappa shape index (κ3) is 9.88. The summed E-state index contributed by atoms with van der Waals surface area (Å²) in [6, 6.07) is 18.3. The summed E-state index contributed by atoms with van der Waals surface area (Å²) in [5.41, 5.74) is 2.27. The number of nitrogens with zero attached hydrogens (tertiary/aromatic N) is 1. The van der Waals surface area contributed by atoms with Crippen LogP contribution in [0.3, 0.4) is 0 Å². The van der Waals surface area contributed by atoms with Gasteiger partial charge in [-0.1, -0.05) is 42.5 Å². The van der Waals surface area contributed by atoms with E-state index < -0.39 is 0 Å². The van der Waals surface area contributed by atoms with Crippen LogP contribution < -0.4 is 15.4 Å². The minimum atomic E-state index is 0. The summed E-state index contributed by atoms with van der Waals surface area (Å²) in [5, 5.41) is 6.67. The highest BCUT2D eigenvalue weighted by molar-refractivity contribution is 14.0. The lowest BCUT2D eigenvalue weighted by molar-refractivity contribution is 0.0420. The number of aliphatic imine (C=N–C) groups is 1. The first-order valence-corrected chi connectivity index (χ1v) is 10.8. The molecule has 3 rings (SSSR count). The SMILES string of the molecule is CCNC(=NCc1cccc(OCc2ccccc2)c1)NCCCOC1CCOC1.I. The lowest BCUT2D eigenvalue weighted by Crippen LogP contribution is -2.38. The highest BCUT2D eigenvalue weighted by atomic mass is 127. The van der Waals surface area contributed by atoms with Crippen LogP contribution in [0.25, 0.3) is 0 Å². The van der Waals surface area contributed by atoms with Crippen LogP contribution in [0.1, 0.15) is 30.9 Å². The van der Waals surface area contributed by atoms with E-state index in [1.54, 1.807) is 0 Å². The van der Waals surface area contributed by atoms with Crippen molar-refractivity contribution in [2.75, 3.05) is 32.9 Å². The zero-order valence-corrected chi connectivity index (χ0v) is 20.5. The summed E-state index contributed by atoms with van der Waals surface area (Å²) in [7, 11) is 0. The molecule has 0 spiro atoms. The van der Waals surface area contributed by atoms with Crippen molar-refractivity contribution in [1.29, 1.82) is 0 Å². The van der Waals surface area contributed by atoms with Crippen molar-refractivity contribution in [3.63, 3.8) is 0 Å². The van der Waals surface area contributed by atoms with Crippen LogP contribution in [-0.4, -0.2) is 45.0 Å². The summed E-state index contributed by atoms with van der Waals surface area (Å²) in [6.07, 6.45) is 2.21. The summed E-state index contributed by atoms with van der Waals surface area (Å²) in [5.74, 6) is 1.68. The molecule has 1 saturated heterocycles. The van der Waals surface area contributed by atoms with Crippen molar-refractivity contribution in [1.82, 2.24) is 10.6 Å². The molecule has 1 aliphatic heterocycles. The van der Waals surface area contributed by atoms with E-state index in [1.807, 2.05) is 36.4 Å². The van der Waals surface area contributed by atoms with Gasteiger partial charge in [-0.2, -0.15) is 0 Å². The molecule has 170 valence electrons. The zero-order valence-electron chi connectivity index (χ0n) is 18.2. The average Bonchev–Trinajstić information content (AvgIpc) is 3.30. The second-order valence-corrected chi connectivity index (χ2v) is 7.25. The molecular weight excluding hydrogens is 505 g/mol. The van der Waals surface area contributed by atoms with E-state index in [9.17, 15) is 0 Å². The van der Waals surface area contributed by atoms with Crippen molar-refractivity contribution in [2.45, 2.75) is 39.0 Å². The highest BCUT2D eigenvalue weighted by Gasteiger charge is 2.15. The smallest absolute Gasteiger partial charge is 0.191 e. The molecule has 1 heterocycles. The number of nitrogens with one attached hydrogen (secondary N) is 2. The molecule has 2 aromatic carbocycles. The molecule has 31 heavy (non-hydrogen) atoms. The fraction of sp³-hybridized carbons (Fsp3) is 0.458. The number of halogens is 1. The van der Waals surface area contributed by atoms with Crippen LogP contribution in [0, 0.1) is 0 Å². The molecule has 7 heteroatoms. The van der Waals surface area contributed by atoms with Crippen LogP contribution >= 0.6 is 24.0 Å². The van der Waals surface area contributed by atoms with Gasteiger partial charge < -0.3 is 24.8 Å². The molecule has 6 nitrogen and oxygen atoms in total. The van der Waals surface area contributed by atoms with Gasteiger partial charge in [0, 0.05) is 26.3 Å². The van der Waals surface area contributed by atoms with Gasteiger partial charge in [-0.25, -0.2) is 4.99 Å². The lowest BCUT2D eigenvalue weighted by atomic mass is 10.2. The number of ether oxygens (including phenoxy) is 3. The summed E-state index contributed by atoms with van der Waals surface area (Å²) < 4.78 is 17.0. The molecule has 1 aliphatic rings. The van der Waals surface area contributed by atoms with E-state index in [4.69, 9.17) is 19.2 Å². The second kappa shape index (κ2) is 15.0. The van der Waals surface area contributed by atoms with Crippen LogP contribution in [-0.2, 0) is 22.6 Å². The van der Waals surface area contributed by atoms with Gasteiger partial charge in [0.2, 0.25) is 0 Å². The molecule has 1 fully saturated rings. The topological polar surface area (TPSA) is 64.1 Å². The standard InChI is InChI=1S/C24H33N3O3.HI/c1-2-25-24(26-13-7-14-29-23-12-15-28-19-23)27-17-21-10-6-11-22(16-21)30-18-20-8-4-3-5-9-20;/h3-6,8-11,16,23H,2,7,12-15,17-19H2,1H3,(H2,25,26,27);1H. The van der Waals surface area contributed by atoms with Crippen LogP contribution in [0.5, 0.6) is 5.75 Å². The Kier molecular flexibility index (Phi) is 12.3. The summed E-state index contributed by atoms with van der Waals surface area (Å²) >= 11 is 0. The summed E-state index contributed by atoms with van der Waals surface area (Å²) in [6.45, 7) is 7.15.